The standard InChI is InChI=1S/C14H19BrN2O3/c1-14(2,3)20-13(19)17-7-6-16-12-8-11(15)5-4-10(12)9-18/h4-5,8-9,16H,6-7H2,1-3H3,(H,17,19). The summed E-state index contributed by atoms with van der Waals surface area (Å²) >= 11 is 3.35. The van der Waals surface area contributed by atoms with E-state index < -0.39 is 11.7 Å². The highest BCUT2D eigenvalue weighted by Gasteiger charge is 2.15. The molecule has 0 spiro atoms. The van der Waals surface area contributed by atoms with Crippen molar-refractivity contribution in [2.75, 3.05) is 18.4 Å². The molecule has 6 heteroatoms. The minimum Gasteiger partial charge on any atom is -0.444 e. The number of benzene rings is 1. The van der Waals surface area contributed by atoms with Crippen molar-refractivity contribution < 1.29 is 14.3 Å². The number of amides is 1. The van der Waals surface area contributed by atoms with Crippen LogP contribution < -0.4 is 10.6 Å². The number of anilines is 1. The summed E-state index contributed by atoms with van der Waals surface area (Å²) in [6, 6.07) is 5.34. The third-order valence-corrected chi connectivity index (χ3v) is 2.74. The van der Waals surface area contributed by atoms with Gasteiger partial charge in [0, 0.05) is 28.8 Å². The normalized spacial score (nSPS) is 10.8. The number of carbonyl (C=O) groups is 2. The van der Waals surface area contributed by atoms with Crippen LogP contribution in [0.4, 0.5) is 10.5 Å². The SMILES string of the molecule is CC(C)(C)OC(=O)NCCNc1cc(Br)ccc1C=O. The molecular formula is C14H19BrN2O3. The van der Waals surface area contributed by atoms with E-state index in [1.54, 1.807) is 12.1 Å². The Bertz CT molecular complexity index is 484. The molecule has 0 heterocycles. The van der Waals surface area contributed by atoms with Gasteiger partial charge in [-0.2, -0.15) is 0 Å². The molecule has 0 aliphatic heterocycles. The van der Waals surface area contributed by atoms with Gasteiger partial charge in [0.1, 0.15) is 5.60 Å². The Labute approximate surface area is 127 Å². The first-order valence-corrected chi connectivity index (χ1v) is 7.06. The Morgan fingerprint density at radius 2 is 2.05 bits per heavy atom. The molecule has 110 valence electrons. The molecule has 0 saturated carbocycles. The lowest BCUT2D eigenvalue weighted by Crippen LogP contribution is -2.35. The number of halogens is 1. The van der Waals surface area contributed by atoms with Gasteiger partial charge in [0.25, 0.3) is 0 Å². The lowest BCUT2D eigenvalue weighted by molar-refractivity contribution is 0.0530. The number of aldehydes is 1. The number of alkyl carbamates (subject to hydrolysis) is 1. The van der Waals surface area contributed by atoms with Crippen LogP contribution in [0.15, 0.2) is 22.7 Å². The summed E-state index contributed by atoms with van der Waals surface area (Å²) in [4.78, 5) is 22.3. The van der Waals surface area contributed by atoms with E-state index in [1.807, 2.05) is 26.8 Å². The molecule has 0 saturated heterocycles. The summed E-state index contributed by atoms with van der Waals surface area (Å²) in [6.45, 7) is 6.32. The molecule has 0 aromatic heterocycles. The lowest BCUT2D eigenvalue weighted by Gasteiger charge is -2.19. The average Bonchev–Trinajstić information content (AvgIpc) is 2.33. The second-order valence-electron chi connectivity index (χ2n) is 5.20. The van der Waals surface area contributed by atoms with Crippen LogP contribution in [0, 0.1) is 0 Å². The van der Waals surface area contributed by atoms with Gasteiger partial charge >= 0.3 is 6.09 Å². The van der Waals surface area contributed by atoms with Gasteiger partial charge in [-0.1, -0.05) is 15.9 Å². The summed E-state index contributed by atoms with van der Waals surface area (Å²) in [7, 11) is 0. The number of carbonyl (C=O) groups excluding carboxylic acids is 2. The number of hydrogen-bond donors (Lipinski definition) is 2. The fraction of sp³-hybridized carbons (Fsp3) is 0.429. The van der Waals surface area contributed by atoms with Crippen molar-refractivity contribution in [3.05, 3.63) is 28.2 Å². The van der Waals surface area contributed by atoms with Crippen LogP contribution in [0.2, 0.25) is 0 Å². The zero-order valence-electron chi connectivity index (χ0n) is 11.8. The second-order valence-corrected chi connectivity index (χ2v) is 6.12. The molecule has 0 aliphatic rings. The molecule has 1 aromatic carbocycles. The Hall–Kier alpha value is -1.56. The number of ether oxygens (including phenoxy) is 1. The van der Waals surface area contributed by atoms with Crippen molar-refractivity contribution in [3.8, 4) is 0 Å². The van der Waals surface area contributed by atoms with Crippen LogP contribution in [0.1, 0.15) is 31.1 Å². The summed E-state index contributed by atoms with van der Waals surface area (Å²) in [5, 5.41) is 5.73. The summed E-state index contributed by atoms with van der Waals surface area (Å²) < 4.78 is 5.99. The third kappa shape index (κ3) is 6.06. The lowest BCUT2D eigenvalue weighted by atomic mass is 10.2. The predicted octanol–water partition coefficient (Wildman–Crippen LogP) is 3.20. The molecule has 0 bridgehead atoms. The van der Waals surface area contributed by atoms with E-state index in [1.165, 1.54) is 0 Å². The molecule has 0 atom stereocenters. The van der Waals surface area contributed by atoms with E-state index in [0.717, 1.165) is 16.4 Å². The van der Waals surface area contributed by atoms with Gasteiger partial charge in [-0.3, -0.25) is 4.79 Å². The Morgan fingerprint density at radius 3 is 2.65 bits per heavy atom. The predicted molar refractivity (Wildman–Crippen MR) is 82.3 cm³/mol. The third-order valence-electron chi connectivity index (χ3n) is 2.25. The van der Waals surface area contributed by atoms with Gasteiger partial charge in [-0.25, -0.2) is 4.79 Å². The molecule has 1 rings (SSSR count). The van der Waals surface area contributed by atoms with Crippen molar-refractivity contribution in [2.24, 2.45) is 0 Å². The number of rotatable bonds is 5. The van der Waals surface area contributed by atoms with Crippen molar-refractivity contribution in [3.63, 3.8) is 0 Å². The van der Waals surface area contributed by atoms with E-state index in [4.69, 9.17) is 4.74 Å². The van der Waals surface area contributed by atoms with Gasteiger partial charge in [0.15, 0.2) is 6.29 Å². The quantitative estimate of drug-likeness (QED) is 0.636. The molecular weight excluding hydrogens is 324 g/mol. The first kappa shape index (κ1) is 16.5. The van der Waals surface area contributed by atoms with Crippen molar-refractivity contribution in [1.29, 1.82) is 0 Å². The maximum Gasteiger partial charge on any atom is 0.407 e. The van der Waals surface area contributed by atoms with Crippen LogP contribution >= 0.6 is 15.9 Å². The maximum absolute atomic E-state index is 11.4. The van der Waals surface area contributed by atoms with E-state index in [-0.39, 0.29) is 0 Å². The fourth-order valence-corrected chi connectivity index (χ4v) is 1.82. The summed E-state index contributed by atoms with van der Waals surface area (Å²) in [6.07, 6.45) is 0.333. The van der Waals surface area contributed by atoms with Crippen LogP contribution in [0.5, 0.6) is 0 Å². The van der Waals surface area contributed by atoms with Crippen LogP contribution in [0.3, 0.4) is 0 Å². The largest absolute Gasteiger partial charge is 0.444 e. The Morgan fingerprint density at radius 1 is 1.35 bits per heavy atom. The van der Waals surface area contributed by atoms with Gasteiger partial charge in [0.2, 0.25) is 0 Å². The minimum atomic E-state index is -0.507. The first-order valence-electron chi connectivity index (χ1n) is 6.27. The van der Waals surface area contributed by atoms with Gasteiger partial charge in [0.05, 0.1) is 0 Å². The van der Waals surface area contributed by atoms with Crippen LogP contribution in [-0.2, 0) is 4.74 Å². The molecule has 1 amide bonds. The smallest absolute Gasteiger partial charge is 0.407 e. The Balaban J connectivity index is 2.40. The zero-order valence-corrected chi connectivity index (χ0v) is 13.4. The van der Waals surface area contributed by atoms with Gasteiger partial charge in [-0.15, -0.1) is 0 Å². The van der Waals surface area contributed by atoms with Crippen LogP contribution in [0.25, 0.3) is 0 Å². The van der Waals surface area contributed by atoms with E-state index >= 15 is 0 Å². The Kier molecular flexibility index (Phi) is 6.01. The topological polar surface area (TPSA) is 67.4 Å². The molecule has 0 fully saturated rings. The zero-order chi connectivity index (χ0) is 15.2. The maximum atomic E-state index is 11.4. The van der Waals surface area contributed by atoms with Crippen LogP contribution in [-0.4, -0.2) is 31.1 Å². The van der Waals surface area contributed by atoms with Crippen molar-refractivity contribution >= 4 is 34.0 Å². The molecule has 0 radical (unpaired) electrons. The van der Waals surface area contributed by atoms with Crippen molar-refractivity contribution in [1.82, 2.24) is 5.32 Å². The van der Waals surface area contributed by atoms with E-state index in [9.17, 15) is 9.59 Å². The van der Waals surface area contributed by atoms with Gasteiger partial charge in [-0.05, 0) is 39.0 Å². The van der Waals surface area contributed by atoms with E-state index in [2.05, 4.69) is 26.6 Å². The van der Waals surface area contributed by atoms with Gasteiger partial charge < -0.3 is 15.4 Å². The second kappa shape index (κ2) is 7.28. The molecule has 1 aromatic rings. The van der Waals surface area contributed by atoms with E-state index in [0.29, 0.717) is 18.7 Å². The first-order chi connectivity index (χ1) is 9.31. The minimum absolute atomic E-state index is 0.403. The highest BCUT2D eigenvalue weighted by molar-refractivity contribution is 9.10. The number of hydrogen-bond acceptors (Lipinski definition) is 4. The summed E-state index contributed by atoms with van der Waals surface area (Å²) in [5.41, 5.74) is 0.790. The monoisotopic (exact) mass is 342 g/mol. The molecule has 2 N–H and O–H groups in total. The average molecular weight is 343 g/mol. The molecule has 5 nitrogen and oxygen atoms in total. The summed E-state index contributed by atoms with van der Waals surface area (Å²) in [5.74, 6) is 0. The highest BCUT2D eigenvalue weighted by atomic mass is 79.9. The van der Waals surface area contributed by atoms with Crippen molar-refractivity contribution in [2.45, 2.75) is 26.4 Å². The highest BCUT2D eigenvalue weighted by Crippen LogP contribution is 2.19. The fourth-order valence-electron chi connectivity index (χ4n) is 1.46. The molecule has 0 aliphatic carbocycles. The molecule has 0 unspecified atom stereocenters. The number of nitrogens with one attached hydrogen (secondary N) is 2. The molecule has 20 heavy (non-hydrogen) atoms.